The molecule has 0 N–H and O–H groups in total. The first-order valence-corrected chi connectivity index (χ1v) is 6.17. The molecule has 0 aliphatic heterocycles. The lowest BCUT2D eigenvalue weighted by atomic mass is 9.40. The van der Waals surface area contributed by atoms with Crippen LogP contribution < -0.4 is 0 Å². The van der Waals surface area contributed by atoms with Gasteiger partial charge in [-0.3, -0.25) is 0 Å². The van der Waals surface area contributed by atoms with Crippen molar-refractivity contribution >= 4 is 6.71 Å². The molecule has 0 aliphatic carbocycles. The van der Waals surface area contributed by atoms with Crippen LogP contribution in [0.25, 0.3) is 0 Å². The first-order valence-electron chi connectivity index (χ1n) is 6.17. The summed E-state index contributed by atoms with van der Waals surface area (Å²) in [5.74, 6) is 0. The summed E-state index contributed by atoms with van der Waals surface area (Å²) < 4.78 is 0. The van der Waals surface area contributed by atoms with Crippen LogP contribution in [0.4, 0.5) is 0 Å². The Morgan fingerprint density at radius 3 is 1.80 bits per heavy atom. The molecule has 0 unspecified atom stereocenters. The van der Waals surface area contributed by atoms with Crippen LogP contribution in [0.1, 0.15) is 48.5 Å². The average Bonchev–Trinajstić information content (AvgIpc) is 2.01. The van der Waals surface area contributed by atoms with Crippen molar-refractivity contribution in [2.75, 3.05) is 0 Å². The predicted molar refractivity (Wildman–Crippen MR) is 73.7 cm³/mol. The van der Waals surface area contributed by atoms with Gasteiger partial charge in [0.2, 0.25) is 0 Å². The highest BCUT2D eigenvalue weighted by Crippen LogP contribution is 2.23. The molecule has 0 fully saturated rings. The summed E-state index contributed by atoms with van der Waals surface area (Å²) in [5.41, 5.74) is 3.20. The van der Waals surface area contributed by atoms with E-state index in [1.165, 1.54) is 23.7 Å². The van der Waals surface area contributed by atoms with Crippen molar-refractivity contribution in [2.45, 2.75) is 61.1 Å². The fourth-order valence-corrected chi connectivity index (χ4v) is 1.87. The number of hydrogen-bond donors (Lipinski definition) is 0. The van der Waals surface area contributed by atoms with Crippen LogP contribution in [0.2, 0.25) is 12.6 Å². The summed E-state index contributed by atoms with van der Waals surface area (Å²) in [7, 11) is 0. The zero-order chi connectivity index (χ0) is 12.1. The highest BCUT2D eigenvalue weighted by atomic mass is 14.1. The lowest BCUT2D eigenvalue weighted by Crippen LogP contribution is -2.15. The Labute approximate surface area is 96.9 Å². The highest BCUT2D eigenvalue weighted by Gasteiger charge is 2.16. The molecule has 0 spiro atoms. The normalized spacial score (nSPS) is 12.6. The predicted octanol–water partition coefficient (Wildman–Crippen LogP) is 5.00. The van der Waals surface area contributed by atoms with Gasteiger partial charge < -0.3 is 0 Å². The van der Waals surface area contributed by atoms with Gasteiger partial charge in [-0.2, -0.15) is 0 Å². The Balaban J connectivity index is 5.05. The fourth-order valence-electron chi connectivity index (χ4n) is 1.87. The fraction of sp³-hybridized carbons (Fsp3) is 0.714. The van der Waals surface area contributed by atoms with Gasteiger partial charge in [0.05, 0.1) is 0 Å². The summed E-state index contributed by atoms with van der Waals surface area (Å²) in [4.78, 5) is 0. The van der Waals surface area contributed by atoms with E-state index in [1.807, 2.05) is 0 Å². The molecule has 0 aliphatic rings. The monoisotopic (exact) mass is 206 g/mol. The molecule has 0 saturated carbocycles. The molecule has 0 rings (SSSR count). The van der Waals surface area contributed by atoms with Crippen LogP contribution in [0.3, 0.4) is 0 Å². The van der Waals surface area contributed by atoms with E-state index in [9.17, 15) is 0 Å². The molecule has 0 nitrogen and oxygen atoms in total. The van der Waals surface area contributed by atoms with E-state index >= 15 is 0 Å². The molecular weight excluding hydrogens is 179 g/mol. The lowest BCUT2D eigenvalue weighted by molar-refractivity contribution is 0.543. The summed E-state index contributed by atoms with van der Waals surface area (Å²) in [6.07, 6.45) is 7.25. The van der Waals surface area contributed by atoms with E-state index in [0.717, 1.165) is 6.71 Å². The third-order valence-corrected chi connectivity index (χ3v) is 2.51. The van der Waals surface area contributed by atoms with Gasteiger partial charge in [-0.1, -0.05) is 70.5 Å². The number of allylic oxidation sites excluding steroid dienone is 4. The minimum Gasteiger partial charge on any atom is -0.0847 e. The molecule has 0 bridgehead atoms. The van der Waals surface area contributed by atoms with Crippen LogP contribution in [0.5, 0.6) is 0 Å². The number of rotatable bonds is 4. The third-order valence-electron chi connectivity index (χ3n) is 2.51. The minimum atomic E-state index is 0.282. The van der Waals surface area contributed by atoms with Gasteiger partial charge in [0.1, 0.15) is 0 Å². The molecular formula is C14H27B. The molecule has 0 aromatic rings. The van der Waals surface area contributed by atoms with E-state index in [2.05, 4.69) is 60.6 Å². The van der Waals surface area contributed by atoms with Gasteiger partial charge in [0.25, 0.3) is 0 Å². The van der Waals surface area contributed by atoms with Crippen LogP contribution in [0.15, 0.2) is 23.2 Å². The molecule has 0 amide bonds. The average molecular weight is 206 g/mol. The zero-order valence-electron chi connectivity index (χ0n) is 11.6. The van der Waals surface area contributed by atoms with Crippen LogP contribution in [-0.4, -0.2) is 6.71 Å². The van der Waals surface area contributed by atoms with Crippen molar-refractivity contribution in [3.05, 3.63) is 23.2 Å². The standard InChI is InChI=1S/C14H27B/c1-8-15(9-2)13(10-12(3)4)11-14(5,6)7/h10-11H,8-9H2,1-7H3/b13-11+. The van der Waals surface area contributed by atoms with Crippen molar-refractivity contribution in [1.29, 1.82) is 0 Å². The second-order valence-electron chi connectivity index (χ2n) is 5.75. The molecule has 1 heteroatoms. The van der Waals surface area contributed by atoms with Crippen LogP contribution >= 0.6 is 0 Å². The summed E-state index contributed by atoms with van der Waals surface area (Å²) in [5, 5.41) is 0. The Hall–Kier alpha value is -0.455. The molecule has 15 heavy (non-hydrogen) atoms. The van der Waals surface area contributed by atoms with Gasteiger partial charge in [0.15, 0.2) is 6.71 Å². The van der Waals surface area contributed by atoms with Crippen LogP contribution in [0, 0.1) is 5.41 Å². The topological polar surface area (TPSA) is 0 Å². The van der Waals surface area contributed by atoms with Gasteiger partial charge in [-0.05, 0) is 19.3 Å². The molecule has 0 radical (unpaired) electrons. The molecule has 86 valence electrons. The van der Waals surface area contributed by atoms with E-state index in [4.69, 9.17) is 0 Å². The smallest absolute Gasteiger partial charge is 0.0847 e. The maximum Gasteiger partial charge on any atom is 0.174 e. The van der Waals surface area contributed by atoms with Gasteiger partial charge in [-0.15, -0.1) is 0 Å². The van der Waals surface area contributed by atoms with E-state index in [0.29, 0.717) is 0 Å². The van der Waals surface area contributed by atoms with Gasteiger partial charge >= 0.3 is 0 Å². The van der Waals surface area contributed by atoms with Crippen molar-refractivity contribution < 1.29 is 0 Å². The Bertz CT molecular complexity index is 233. The second-order valence-corrected chi connectivity index (χ2v) is 5.75. The quantitative estimate of drug-likeness (QED) is 0.448. The molecule has 0 aromatic heterocycles. The Morgan fingerprint density at radius 2 is 1.53 bits per heavy atom. The van der Waals surface area contributed by atoms with E-state index in [-0.39, 0.29) is 5.41 Å². The third kappa shape index (κ3) is 6.60. The SMILES string of the molecule is CCB(CC)/C(C=C(C)C)=C/C(C)(C)C. The maximum atomic E-state index is 2.43. The van der Waals surface area contributed by atoms with E-state index in [1.54, 1.807) is 0 Å². The molecule has 0 atom stereocenters. The number of hydrogen-bond acceptors (Lipinski definition) is 0. The van der Waals surface area contributed by atoms with Crippen molar-refractivity contribution in [1.82, 2.24) is 0 Å². The largest absolute Gasteiger partial charge is 0.174 e. The summed E-state index contributed by atoms with van der Waals surface area (Å²) in [6.45, 7) is 16.5. The maximum absolute atomic E-state index is 2.43. The molecule has 0 heterocycles. The van der Waals surface area contributed by atoms with Crippen molar-refractivity contribution in [3.63, 3.8) is 0 Å². The zero-order valence-corrected chi connectivity index (χ0v) is 11.6. The van der Waals surface area contributed by atoms with Gasteiger partial charge in [-0.25, -0.2) is 0 Å². The second kappa shape index (κ2) is 6.20. The van der Waals surface area contributed by atoms with Crippen molar-refractivity contribution in [3.8, 4) is 0 Å². The van der Waals surface area contributed by atoms with Gasteiger partial charge in [0, 0.05) is 0 Å². The highest BCUT2D eigenvalue weighted by molar-refractivity contribution is 6.67. The van der Waals surface area contributed by atoms with E-state index < -0.39 is 0 Å². The Morgan fingerprint density at radius 1 is 1.07 bits per heavy atom. The minimum absolute atomic E-state index is 0.282. The lowest BCUT2D eigenvalue weighted by Gasteiger charge is -2.19. The van der Waals surface area contributed by atoms with Crippen molar-refractivity contribution in [2.24, 2.45) is 5.41 Å². The molecule has 0 aromatic carbocycles. The summed E-state index contributed by atoms with van der Waals surface area (Å²) >= 11 is 0. The Kier molecular flexibility index (Phi) is 6.01. The summed E-state index contributed by atoms with van der Waals surface area (Å²) in [6, 6.07) is 0. The van der Waals surface area contributed by atoms with Crippen LogP contribution in [-0.2, 0) is 0 Å². The molecule has 0 saturated heterocycles. The first kappa shape index (κ1) is 14.5. The first-order chi connectivity index (χ1) is 6.80.